The molecule has 0 heterocycles. The molecule has 1 saturated carbocycles. The highest BCUT2D eigenvalue weighted by atomic mass is 14.2. The fraction of sp³-hybridized carbons (Fsp3) is 1.00. The molecule has 0 radical (unpaired) electrons. The molecule has 1 aliphatic carbocycles. The van der Waals surface area contributed by atoms with Crippen LogP contribution >= 0.6 is 0 Å². The Bertz CT molecular complexity index is 116. The van der Waals surface area contributed by atoms with E-state index < -0.39 is 0 Å². The lowest BCUT2D eigenvalue weighted by Crippen LogP contribution is -2.13. The molecule has 0 atom stereocenters. The molecule has 1 fully saturated rings. The van der Waals surface area contributed by atoms with E-state index in [2.05, 4.69) is 20.8 Å². The Kier molecular flexibility index (Phi) is 4.83. The second-order valence-electron chi connectivity index (χ2n) is 5.14. The highest BCUT2D eigenvalue weighted by Crippen LogP contribution is 2.31. The second kappa shape index (κ2) is 5.67. The number of hydrogen-bond donors (Lipinski definition) is 0. The molecular weight excluding hydrogens is 156 g/mol. The first kappa shape index (κ1) is 11.1. The van der Waals surface area contributed by atoms with Gasteiger partial charge in [0.05, 0.1) is 0 Å². The van der Waals surface area contributed by atoms with Crippen LogP contribution in [0.3, 0.4) is 0 Å². The predicted molar refractivity (Wildman–Crippen MR) is 59.8 cm³/mol. The SMILES string of the molecule is CCC1CCCC(C(C)C)CCC1. The summed E-state index contributed by atoms with van der Waals surface area (Å²) in [4.78, 5) is 0. The van der Waals surface area contributed by atoms with Gasteiger partial charge in [-0.05, 0) is 17.8 Å². The van der Waals surface area contributed by atoms with E-state index in [9.17, 15) is 0 Å². The quantitative estimate of drug-likeness (QED) is 0.583. The van der Waals surface area contributed by atoms with Gasteiger partial charge in [0, 0.05) is 0 Å². The van der Waals surface area contributed by atoms with Crippen LogP contribution in [0.5, 0.6) is 0 Å². The minimum atomic E-state index is 0.915. The first-order valence-corrected chi connectivity index (χ1v) is 6.24. The molecule has 1 aliphatic rings. The topological polar surface area (TPSA) is 0 Å². The van der Waals surface area contributed by atoms with Crippen molar-refractivity contribution in [2.24, 2.45) is 17.8 Å². The van der Waals surface area contributed by atoms with Crippen molar-refractivity contribution in [2.75, 3.05) is 0 Å². The molecule has 78 valence electrons. The Morgan fingerprint density at radius 3 is 1.92 bits per heavy atom. The molecule has 0 aromatic carbocycles. The largest absolute Gasteiger partial charge is 0.0651 e. The molecule has 0 heteroatoms. The summed E-state index contributed by atoms with van der Waals surface area (Å²) in [5, 5.41) is 0. The van der Waals surface area contributed by atoms with Crippen LogP contribution in [0.15, 0.2) is 0 Å². The summed E-state index contributed by atoms with van der Waals surface area (Å²) in [6.45, 7) is 7.14. The van der Waals surface area contributed by atoms with Crippen molar-refractivity contribution in [1.82, 2.24) is 0 Å². The fourth-order valence-corrected chi connectivity index (χ4v) is 2.70. The van der Waals surface area contributed by atoms with E-state index >= 15 is 0 Å². The zero-order chi connectivity index (χ0) is 9.68. The Morgan fingerprint density at radius 2 is 1.54 bits per heavy atom. The lowest BCUT2D eigenvalue weighted by molar-refractivity contribution is 0.262. The minimum absolute atomic E-state index is 0.915. The smallest absolute Gasteiger partial charge is 0.0391 e. The van der Waals surface area contributed by atoms with Gasteiger partial charge in [-0.2, -0.15) is 0 Å². The Hall–Kier alpha value is 0. The standard InChI is InChI=1S/C13H26/c1-4-12-7-5-9-13(11(2)3)10-6-8-12/h11-13H,4-10H2,1-3H3. The van der Waals surface area contributed by atoms with Gasteiger partial charge in [0.25, 0.3) is 0 Å². The van der Waals surface area contributed by atoms with Crippen LogP contribution in [0.2, 0.25) is 0 Å². The van der Waals surface area contributed by atoms with Gasteiger partial charge in [-0.1, -0.05) is 65.7 Å². The van der Waals surface area contributed by atoms with E-state index in [1.807, 2.05) is 0 Å². The normalized spacial score (nSPS) is 31.4. The molecule has 1 rings (SSSR count). The molecule has 0 aromatic rings. The molecule has 0 amide bonds. The lowest BCUT2D eigenvalue weighted by Gasteiger charge is -2.26. The van der Waals surface area contributed by atoms with Gasteiger partial charge < -0.3 is 0 Å². The van der Waals surface area contributed by atoms with Crippen LogP contribution in [-0.4, -0.2) is 0 Å². The molecule has 0 bridgehead atoms. The van der Waals surface area contributed by atoms with Gasteiger partial charge in [-0.15, -0.1) is 0 Å². The first-order valence-electron chi connectivity index (χ1n) is 6.24. The van der Waals surface area contributed by atoms with E-state index in [4.69, 9.17) is 0 Å². The molecular formula is C13H26. The maximum Gasteiger partial charge on any atom is -0.0391 e. The zero-order valence-corrected chi connectivity index (χ0v) is 9.68. The Labute approximate surface area is 84.1 Å². The van der Waals surface area contributed by atoms with E-state index in [0.717, 1.165) is 17.8 Å². The van der Waals surface area contributed by atoms with E-state index in [1.54, 1.807) is 0 Å². The highest BCUT2D eigenvalue weighted by molar-refractivity contribution is 4.69. The summed E-state index contributed by atoms with van der Waals surface area (Å²) >= 11 is 0. The van der Waals surface area contributed by atoms with Gasteiger partial charge in [0.1, 0.15) is 0 Å². The average molecular weight is 182 g/mol. The average Bonchev–Trinajstić information content (AvgIpc) is 2.03. The van der Waals surface area contributed by atoms with Crippen molar-refractivity contribution in [3.05, 3.63) is 0 Å². The third-order valence-electron chi connectivity index (χ3n) is 3.89. The van der Waals surface area contributed by atoms with E-state index in [-0.39, 0.29) is 0 Å². The molecule has 0 N–H and O–H groups in total. The van der Waals surface area contributed by atoms with E-state index in [0.29, 0.717) is 0 Å². The molecule has 0 aliphatic heterocycles. The second-order valence-corrected chi connectivity index (χ2v) is 5.14. The van der Waals surface area contributed by atoms with Gasteiger partial charge in [0.2, 0.25) is 0 Å². The summed E-state index contributed by atoms with van der Waals surface area (Å²) in [7, 11) is 0. The molecule has 0 aromatic heterocycles. The molecule has 0 saturated heterocycles. The van der Waals surface area contributed by atoms with Crippen molar-refractivity contribution < 1.29 is 0 Å². The third kappa shape index (κ3) is 3.70. The lowest BCUT2D eigenvalue weighted by atomic mass is 9.80. The summed E-state index contributed by atoms with van der Waals surface area (Å²) in [5.74, 6) is 2.99. The first-order chi connectivity index (χ1) is 6.24. The minimum Gasteiger partial charge on any atom is -0.0651 e. The fourth-order valence-electron chi connectivity index (χ4n) is 2.70. The van der Waals surface area contributed by atoms with Gasteiger partial charge in [-0.3, -0.25) is 0 Å². The summed E-state index contributed by atoms with van der Waals surface area (Å²) in [6, 6.07) is 0. The highest BCUT2D eigenvalue weighted by Gasteiger charge is 2.17. The van der Waals surface area contributed by atoms with Crippen LogP contribution < -0.4 is 0 Å². The maximum atomic E-state index is 2.39. The summed E-state index contributed by atoms with van der Waals surface area (Å²) < 4.78 is 0. The number of hydrogen-bond acceptors (Lipinski definition) is 0. The number of rotatable bonds is 2. The van der Waals surface area contributed by atoms with E-state index in [1.165, 1.54) is 44.9 Å². The molecule has 0 nitrogen and oxygen atoms in total. The van der Waals surface area contributed by atoms with Crippen molar-refractivity contribution in [3.63, 3.8) is 0 Å². The van der Waals surface area contributed by atoms with Crippen LogP contribution in [0.25, 0.3) is 0 Å². The molecule has 0 spiro atoms. The van der Waals surface area contributed by atoms with Crippen molar-refractivity contribution >= 4 is 0 Å². The van der Waals surface area contributed by atoms with Crippen LogP contribution in [0.4, 0.5) is 0 Å². The Morgan fingerprint density at radius 1 is 1.00 bits per heavy atom. The van der Waals surface area contributed by atoms with Crippen LogP contribution in [0, 0.1) is 17.8 Å². The van der Waals surface area contributed by atoms with Crippen LogP contribution in [0.1, 0.15) is 65.7 Å². The molecule has 13 heavy (non-hydrogen) atoms. The van der Waals surface area contributed by atoms with Crippen LogP contribution in [-0.2, 0) is 0 Å². The van der Waals surface area contributed by atoms with Gasteiger partial charge in [0.15, 0.2) is 0 Å². The Balaban J connectivity index is 2.30. The van der Waals surface area contributed by atoms with Crippen molar-refractivity contribution in [2.45, 2.75) is 65.7 Å². The summed E-state index contributed by atoms with van der Waals surface area (Å²) in [6.07, 6.45) is 10.4. The predicted octanol–water partition coefficient (Wildman–Crippen LogP) is 4.64. The third-order valence-corrected chi connectivity index (χ3v) is 3.89. The maximum absolute atomic E-state index is 2.39. The monoisotopic (exact) mass is 182 g/mol. The van der Waals surface area contributed by atoms with Crippen molar-refractivity contribution in [3.8, 4) is 0 Å². The summed E-state index contributed by atoms with van der Waals surface area (Å²) in [5.41, 5.74) is 0. The van der Waals surface area contributed by atoms with Gasteiger partial charge >= 0.3 is 0 Å². The molecule has 0 unspecified atom stereocenters. The van der Waals surface area contributed by atoms with Gasteiger partial charge in [-0.25, -0.2) is 0 Å². The van der Waals surface area contributed by atoms with Crippen molar-refractivity contribution in [1.29, 1.82) is 0 Å². The zero-order valence-electron chi connectivity index (χ0n) is 9.68.